The smallest absolute Gasteiger partial charge is 0.187 e. The Bertz CT molecular complexity index is 564. The predicted octanol–water partition coefficient (Wildman–Crippen LogP) is 2.51. The first-order chi connectivity index (χ1) is 9.33. The highest BCUT2D eigenvalue weighted by molar-refractivity contribution is 6.14. The summed E-state index contributed by atoms with van der Waals surface area (Å²) in [6.07, 6.45) is 6.72. The van der Waals surface area contributed by atoms with Gasteiger partial charge in [-0.05, 0) is 36.4 Å². The molecule has 96 valence electrons. The summed E-state index contributed by atoms with van der Waals surface area (Å²) < 4.78 is 10.5. The lowest BCUT2D eigenvalue weighted by atomic mass is 9.98. The molecule has 2 aromatic heterocycles. The Kier molecular flexibility index (Phi) is 3.16. The normalized spacial score (nSPS) is 20.3. The second-order valence-corrected chi connectivity index (χ2v) is 4.30. The molecule has 0 aliphatic carbocycles. The van der Waals surface area contributed by atoms with Crippen molar-refractivity contribution in [2.24, 2.45) is 0 Å². The minimum absolute atomic E-state index is 0.0338. The lowest BCUT2D eigenvalue weighted by Crippen LogP contribution is -2.32. The quantitative estimate of drug-likeness (QED) is 0.838. The third-order valence-electron chi connectivity index (χ3n) is 2.93. The third-order valence-corrected chi connectivity index (χ3v) is 2.93. The molecule has 0 radical (unpaired) electrons. The van der Waals surface area contributed by atoms with Gasteiger partial charge in [-0.1, -0.05) is 0 Å². The number of ketones is 1. The van der Waals surface area contributed by atoms with Crippen molar-refractivity contribution in [2.45, 2.75) is 0 Å². The Labute approximate surface area is 110 Å². The van der Waals surface area contributed by atoms with Crippen LogP contribution in [0.5, 0.6) is 0 Å². The van der Waals surface area contributed by atoms with Crippen LogP contribution in [-0.4, -0.2) is 18.9 Å². The first-order valence-corrected chi connectivity index (χ1v) is 6.06. The Balaban J connectivity index is 1.87. The maximum absolute atomic E-state index is 12.3. The number of piperidine rings is 1. The second-order valence-electron chi connectivity index (χ2n) is 4.30. The molecule has 0 saturated carbocycles. The summed E-state index contributed by atoms with van der Waals surface area (Å²) in [4.78, 5) is 12.3. The molecule has 1 N–H and O–H groups in total. The van der Waals surface area contributed by atoms with Crippen LogP contribution in [0.4, 0.5) is 0 Å². The molecule has 1 fully saturated rings. The van der Waals surface area contributed by atoms with Crippen molar-refractivity contribution >= 4 is 17.9 Å². The van der Waals surface area contributed by atoms with Crippen LogP contribution >= 0.6 is 0 Å². The lowest BCUT2D eigenvalue weighted by Gasteiger charge is -2.17. The molecular weight excluding hydrogens is 242 g/mol. The van der Waals surface area contributed by atoms with Gasteiger partial charge in [0.25, 0.3) is 0 Å². The van der Waals surface area contributed by atoms with Gasteiger partial charge >= 0.3 is 0 Å². The van der Waals surface area contributed by atoms with Gasteiger partial charge in [-0.2, -0.15) is 0 Å². The molecule has 4 nitrogen and oxygen atoms in total. The number of rotatable bonds is 2. The van der Waals surface area contributed by atoms with Crippen molar-refractivity contribution in [3.05, 3.63) is 59.5 Å². The van der Waals surface area contributed by atoms with Gasteiger partial charge in [0.2, 0.25) is 0 Å². The Morgan fingerprint density at radius 1 is 0.947 bits per heavy atom. The number of nitrogens with one attached hydrogen (secondary N) is 1. The van der Waals surface area contributed by atoms with Crippen molar-refractivity contribution in [2.75, 3.05) is 13.1 Å². The van der Waals surface area contributed by atoms with E-state index >= 15 is 0 Å². The van der Waals surface area contributed by atoms with Crippen molar-refractivity contribution in [3.8, 4) is 0 Å². The molecule has 2 aromatic rings. The van der Waals surface area contributed by atoms with Gasteiger partial charge in [0, 0.05) is 24.2 Å². The first-order valence-electron chi connectivity index (χ1n) is 6.06. The molecule has 0 aromatic carbocycles. The summed E-state index contributed by atoms with van der Waals surface area (Å²) in [5.41, 5.74) is 1.39. The summed E-state index contributed by atoms with van der Waals surface area (Å²) in [5.74, 6) is 1.40. The van der Waals surface area contributed by atoms with Gasteiger partial charge in [-0.15, -0.1) is 0 Å². The minimum atomic E-state index is 0.0338. The molecule has 1 aliphatic heterocycles. The average molecular weight is 255 g/mol. The molecule has 1 saturated heterocycles. The lowest BCUT2D eigenvalue weighted by molar-refractivity contribution is -0.112. The topological polar surface area (TPSA) is 55.4 Å². The summed E-state index contributed by atoms with van der Waals surface area (Å²) in [5, 5.41) is 3.20. The third kappa shape index (κ3) is 2.58. The minimum Gasteiger partial charge on any atom is -0.465 e. The van der Waals surface area contributed by atoms with Gasteiger partial charge in [0.15, 0.2) is 5.78 Å². The fourth-order valence-electron chi connectivity index (χ4n) is 2.02. The summed E-state index contributed by atoms with van der Waals surface area (Å²) in [6.45, 7) is 1.10. The zero-order valence-corrected chi connectivity index (χ0v) is 10.3. The fourth-order valence-corrected chi connectivity index (χ4v) is 2.02. The highest BCUT2D eigenvalue weighted by atomic mass is 16.3. The zero-order chi connectivity index (χ0) is 13.1. The molecule has 1 aliphatic rings. The van der Waals surface area contributed by atoms with Crippen LogP contribution in [0.25, 0.3) is 12.2 Å². The Morgan fingerprint density at radius 2 is 1.47 bits per heavy atom. The number of carbonyl (C=O) groups excluding carboxylic acids is 1. The predicted molar refractivity (Wildman–Crippen MR) is 71.2 cm³/mol. The van der Waals surface area contributed by atoms with E-state index in [1.165, 1.54) is 0 Å². The summed E-state index contributed by atoms with van der Waals surface area (Å²) in [6, 6.07) is 7.25. The molecule has 0 unspecified atom stereocenters. The van der Waals surface area contributed by atoms with Crippen LogP contribution in [0.3, 0.4) is 0 Å². The van der Waals surface area contributed by atoms with E-state index < -0.39 is 0 Å². The molecule has 4 heteroatoms. The SMILES string of the molecule is O=C1/C(=C/c2ccco2)CNC/C1=C\c1ccco1. The van der Waals surface area contributed by atoms with Crippen molar-refractivity contribution in [1.29, 1.82) is 0 Å². The van der Waals surface area contributed by atoms with E-state index in [-0.39, 0.29) is 5.78 Å². The van der Waals surface area contributed by atoms with Gasteiger partial charge < -0.3 is 14.2 Å². The van der Waals surface area contributed by atoms with Crippen LogP contribution in [0.15, 0.2) is 56.8 Å². The molecule has 0 spiro atoms. The fraction of sp³-hybridized carbons (Fsp3) is 0.133. The monoisotopic (exact) mass is 255 g/mol. The molecule has 19 heavy (non-hydrogen) atoms. The van der Waals surface area contributed by atoms with Crippen LogP contribution in [-0.2, 0) is 4.79 Å². The Morgan fingerprint density at radius 3 is 1.89 bits per heavy atom. The molecule has 0 atom stereocenters. The van der Waals surface area contributed by atoms with Crippen LogP contribution in [0.2, 0.25) is 0 Å². The first kappa shape index (κ1) is 11.7. The van der Waals surface area contributed by atoms with E-state index in [2.05, 4.69) is 5.32 Å². The molecule has 3 heterocycles. The number of hydrogen-bond donors (Lipinski definition) is 1. The van der Waals surface area contributed by atoms with E-state index in [0.717, 1.165) is 0 Å². The second kappa shape index (κ2) is 5.12. The van der Waals surface area contributed by atoms with Crippen LogP contribution in [0.1, 0.15) is 11.5 Å². The average Bonchev–Trinajstić information content (AvgIpc) is 3.07. The van der Waals surface area contributed by atoms with E-state index in [1.54, 1.807) is 36.8 Å². The molecular formula is C15H13NO3. The van der Waals surface area contributed by atoms with Crippen LogP contribution in [0, 0.1) is 0 Å². The highest BCUT2D eigenvalue weighted by Gasteiger charge is 2.20. The number of carbonyl (C=O) groups is 1. The van der Waals surface area contributed by atoms with Gasteiger partial charge in [-0.3, -0.25) is 4.79 Å². The van der Waals surface area contributed by atoms with Gasteiger partial charge in [-0.25, -0.2) is 0 Å². The standard InChI is InChI=1S/C15H13NO3/c17-15-11(7-13-3-1-5-18-13)9-16-10-12(15)8-14-4-2-6-19-14/h1-8,16H,9-10H2/b11-7+,12-8+. The summed E-state index contributed by atoms with van der Waals surface area (Å²) >= 11 is 0. The van der Waals surface area contributed by atoms with Crippen molar-refractivity contribution < 1.29 is 13.6 Å². The highest BCUT2D eigenvalue weighted by Crippen LogP contribution is 2.17. The maximum atomic E-state index is 12.3. The number of furan rings is 2. The van der Waals surface area contributed by atoms with E-state index in [1.807, 2.05) is 12.1 Å². The molecule has 3 rings (SSSR count). The van der Waals surface area contributed by atoms with Crippen molar-refractivity contribution in [1.82, 2.24) is 5.32 Å². The Hall–Kier alpha value is -2.33. The number of Topliss-reactive ketones (excluding diaryl/α,β-unsaturated/α-hetero) is 1. The molecule has 0 bridgehead atoms. The summed E-state index contributed by atoms with van der Waals surface area (Å²) in [7, 11) is 0. The molecule has 0 amide bonds. The zero-order valence-electron chi connectivity index (χ0n) is 10.3. The largest absolute Gasteiger partial charge is 0.465 e. The van der Waals surface area contributed by atoms with E-state index in [0.29, 0.717) is 35.8 Å². The van der Waals surface area contributed by atoms with Crippen LogP contribution < -0.4 is 5.32 Å². The van der Waals surface area contributed by atoms with E-state index in [4.69, 9.17) is 8.83 Å². The van der Waals surface area contributed by atoms with Gasteiger partial charge in [0.1, 0.15) is 11.5 Å². The van der Waals surface area contributed by atoms with E-state index in [9.17, 15) is 4.79 Å². The van der Waals surface area contributed by atoms with Crippen molar-refractivity contribution in [3.63, 3.8) is 0 Å². The number of hydrogen-bond acceptors (Lipinski definition) is 4. The van der Waals surface area contributed by atoms with Gasteiger partial charge in [0.05, 0.1) is 12.5 Å². The maximum Gasteiger partial charge on any atom is 0.187 e.